The van der Waals surface area contributed by atoms with Gasteiger partial charge in [0, 0.05) is 14.9 Å². The number of Topliss-reactive ketones (excluding diaryl/α,β-unsaturated/α-hetero) is 1. The second-order valence-corrected chi connectivity index (χ2v) is 11.2. The number of aliphatic hydroxyl groups is 1. The number of aromatic hydroxyl groups is 1. The van der Waals surface area contributed by atoms with Crippen molar-refractivity contribution in [3.63, 3.8) is 0 Å². The van der Waals surface area contributed by atoms with Crippen LogP contribution in [-0.4, -0.2) is 27.4 Å². The quantitative estimate of drug-likeness (QED) is 0.581. The van der Waals surface area contributed by atoms with Gasteiger partial charge in [-0.15, -0.1) is 11.8 Å². The molecule has 152 valence electrons. The lowest BCUT2D eigenvalue weighted by molar-refractivity contribution is -0.0193. The Labute approximate surface area is 184 Å². The number of ketones is 1. The van der Waals surface area contributed by atoms with Crippen LogP contribution in [0.15, 0.2) is 51.8 Å². The maximum Gasteiger partial charge on any atom is 0.176 e. The molecule has 0 radical (unpaired) electrons. The number of phenolic OH excluding ortho intramolecular Hbond substituents is 1. The molecule has 3 nitrogen and oxygen atoms in total. The highest BCUT2D eigenvalue weighted by Crippen LogP contribution is 2.62. The number of rotatable bonds is 2. The maximum absolute atomic E-state index is 13.7. The molecule has 0 heterocycles. The molecule has 2 aromatic rings. The van der Waals surface area contributed by atoms with E-state index in [1.807, 2.05) is 18.2 Å². The molecule has 0 bridgehead atoms. The Bertz CT molecular complexity index is 959. The Balaban J connectivity index is 1.61. The van der Waals surface area contributed by atoms with Crippen LogP contribution in [0.3, 0.4) is 0 Å². The zero-order valence-corrected chi connectivity index (χ0v) is 18.7. The molecule has 5 rings (SSSR count). The van der Waals surface area contributed by atoms with Crippen LogP contribution in [0.4, 0.5) is 0 Å². The molecule has 3 aliphatic carbocycles. The first kappa shape index (κ1) is 19.7. The van der Waals surface area contributed by atoms with Crippen LogP contribution in [0, 0.1) is 17.3 Å². The van der Waals surface area contributed by atoms with Crippen molar-refractivity contribution in [2.24, 2.45) is 17.3 Å². The number of hydrogen-bond donors (Lipinski definition) is 2. The fourth-order valence-corrected chi connectivity index (χ4v) is 7.77. The van der Waals surface area contributed by atoms with E-state index in [4.69, 9.17) is 0 Å². The van der Waals surface area contributed by atoms with Gasteiger partial charge in [0.05, 0.1) is 11.4 Å². The number of hydrogen-bond acceptors (Lipinski definition) is 4. The predicted molar refractivity (Wildman–Crippen MR) is 119 cm³/mol. The third-order valence-electron chi connectivity index (χ3n) is 7.67. The summed E-state index contributed by atoms with van der Waals surface area (Å²) in [5.41, 5.74) is 1.67. The number of phenols is 1. The van der Waals surface area contributed by atoms with E-state index in [0.29, 0.717) is 17.4 Å². The fraction of sp³-hybridized carbons (Fsp3) is 0.458. The first-order valence-electron chi connectivity index (χ1n) is 10.4. The largest absolute Gasteiger partial charge is 0.508 e. The van der Waals surface area contributed by atoms with Crippen molar-refractivity contribution >= 4 is 33.5 Å². The highest BCUT2D eigenvalue weighted by Gasteiger charge is 2.58. The number of halogens is 1. The third-order valence-corrected chi connectivity index (χ3v) is 9.52. The molecule has 5 heteroatoms. The van der Waals surface area contributed by atoms with Crippen LogP contribution in [-0.2, 0) is 0 Å². The molecule has 0 spiro atoms. The van der Waals surface area contributed by atoms with Crippen molar-refractivity contribution in [2.75, 3.05) is 0 Å². The summed E-state index contributed by atoms with van der Waals surface area (Å²) in [6.45, 7) is 2.23. The second-order valence-electron chi connectivity index (χ2n) is 9.06. The first-order chi connectivity index (χ1) is 13.9. The van der Waals surface area contributed by atoms with Crippen LogP contribution in [0.5, 0.6) is 5.75 Å². The lowest BCUT2D eigenvalue weighted by atomic mass is 9.55. The molecule has 0 saturated heterocycles. The summed E-state index contributed by atoms with van der Waals surface area (Å²) in [5, 5.41) is 20.6. The summed E-state index contributed by atoms with van der Waals surface area (Å²) in [6, 6.07) is 13.5. The summed E-state index contributed by atoms with van der Waals surface area (Å²) < 4.78 is 1.02. The lowest BCUT2D eigenvalue weighted by Gasteiger charge is -2.52. The molecule has 3 aliphatic rings. The number of carbonyl (C=O) groups is 1. The van der Waals surface area contributed by atoms with Crippen molar-refractivity contribution in [3.05, 3.63) is 58.1 Å². The van der Waals surface area contributed by atoms with Crippen molar-refractivity contribution in [1.29, 1.82) is 0 Å². The lowest BCUT2D eigenvalue weighted by Crippen LogP contribution is -2.50. The highest BCUT2D eigenvalue weighted by atomic mass is 79.9. The van der Waals surface area contributed by atoms with Crippen LogP contribution in [0.2, 0.25) is 0 Å². The monoisotopic (exact) mass is 472 g/mol. The fourth-order valence-electron chi connectivity index (χ4n) is 6.15. The zero-order chi connectivity index (χ0) is 20.3. The Morgan fingerprint density at radius 3 is 2.62 bits per heavy atom. The topological polar surface area (TPSA) is 57.5 Å². The molecule has 0 unspecified atom stereocenters. The number of thioether (sulfide) groups is 1. The molecule has 0 aliphatic heterocycles. The molecule has 29 heavy (non-hydrogen) atoms. The molecular formula is C24H25BrO3S. The zero-order valence-electron chi connectivity index (χ0n) is 16.3. The SMILES string of the molecule is C[C@]12CC[C@@H]3c4ccc(O)cc4C(=O)[C@@H](Sc4ccc(Br)cc4)[C@H]3[C@@H]1CC[C@@H]2O. The summed E-state index contributed by atoms with van der Waals surface area (Å²) >= 11 is 5.14. The minimum absolute atomic E-state index is 0.103. The molecule has 2 aromatic carbocycles. The van der Waals surface area contributed by atoms with E-state index in [9.17, 15) is 15.0 Å². The summed E-state index contributed by atoms with van der Waals surface area (Å²) in [7, 11) is 0. The minimum Gasteiger partial charge on any atom is -0.508 e. The van der Waals surface area contributed by atoms with E-state index in [1.54, 1.807) is 23.9 Å². The Kier molecular flexibility index (Phi) is 4.84. The van der Waals surface area contributed by atoms with Gasteiger partial charge in [0.25, 0.3) is 0 Å². The molecule has 2 saturated carbocycles. The average Bonchev–Trinajstić information content (AvgIpc) is 3.01. The number of carbonyl (C=O) groups excluding carboxylic acids is 1. The smallest absolute Gasteiger partial charge is 0.176 e. The molecule has 6 atom stereocenters. The standard InChI is InChI=1S/C24H25BrO3S/c1-24-11-10-17-16-7-4-14(26)12-18(16)22(28)23(21(17)19(24)8-9-20(24)27)29-15-5-2-13(25)3-6-15/h2-7,12,17,19-21,23,26-27H,8-11H2,1H3/t17-,19+,20+,21-,23+,24+/m1/s1. The van der Waals surface area contributed by atoms with E-state index in [-0.39, 0.29) is 34.2 Å². The van der Waals surface area contributed by atoms with Crippen molar-refractivity contribution in [3.8, 4) is 5.75 Å². The Morgan fingerprint density at radius 1 is 1.10 bits per heavy atom. The minimum atomic E-state index is -0.275. The van der Waals surface area contributed by atoms with E-state index in [2.05, 4.69) is 35.0 Å². The molecule has 2 N–H and O–H groups in total. The van der Waals surface area contributed by atoms with Gasteiger partial charge in [-0.2, -0.15) is 0 Å². The molecule has 0 amide bonds. The molecular weight excluding hydrogens is 448 g/mol. The second kappa shape index (κ2) is 7.14. The average molecular weight is 473 g/mol. The van der Waals surface area contributed by atoms with Crippen LogP contribution >= 0.6 is 27.7 Å². The van der Waals surface area contributed by atoms with Crippen molar-refractivity contribution in [1.82, 2.24) is 0 Å². The van der Waals surface area contributed by atoms with Gasteiger partial charge in [-0.1, -0.05) is 28.9 Å². The van der Waals surface area contributed by atoms with Crippen molar-refractivity contribution < 1.29 is 15.0 Å². The Morgan fingerprint density at radius 2 is 1.86 bits per heavy atom. The van der Waals surface area contributed by atoms with Gasteiger partial charge >= 0.3 is 0 Å². The predicted octanol–water partition coefficient (Wildman–Crippen LogP) is 5.78. The van der Waals surface area contributed by atoms with Gasteiger partial charge in [0.2, 0.25) is 0 Å². The third kappa shape index (κ3) is 3.08. The summed E-state index contributed by atoms with van der Waals surface area (Å²) in [6.07, 6.45) is 3.51. The van der Waals surface area contributed by atoms with E-state index in [1.165, 1.54) is 0 Å². The van der Waals surface area contributed by atoms with Crippen LogP contribution in [0.1, 0.15) is 54.4 Å². The number of fused-ring (bicyclic) bond motifs is 5. The van der Waals surface area contributed by atoms with Gasteiger partial charge in [-0.05, 0) is 90.8 Å². The maximum atomic E-state index is 13.7. The van der Waals surface area contributed by atoms with Gasteiger partial charge in [-0.3, -0.25) is 4.79 Å². The number of benzene rings is 2. The van der Waals surface area contributed by atoms with Gasteiger partial charge in [0.1, 0.15) is 5.75 Å². The molecule has 2 fully saturated rings. The summed E-state index contributed by atoms with van der Waals surface area (Å²) in [4.78, 5) is 14.7. The molecule has 0 aromatic heterocycles. The normalized spacial score (nSPS) is 35.7. The van der Waals surface area contributed by atoms with E-state index >= 15 is 0 Å². The van der Waals surface area contributed by atoms with E-state index < -0.39 is 0 Å². The Hall–Kier alpha value is -1.30. The van der Waals surface area contributed by atoms with Crippen molar-refractivity contribution in [2.45, 2.75) is 54.8 Å². The highest BCUT2D eigenvalue weighted by molar-refractivity contribution is 9.10. The van der Waals surface area contributed by atoms with E-state index in [0.717, 1.165) is 40.6 Å². The number of aliphatic hydroxyl groups excluding tert-OH is 1. The van der Waals surface area contributed by atoms with Gasteiger partial charge in [0.15, 0.2) is 5.78 Å². The summed E-state index contributed by atoms with van der Waals surface area (Å²) in [5.74, 6) is 1.13. The van der Waals surface area contributed by atoms with Gasteiger partial charge in [-0.25, -0.2) is 0 Å². The van der Waals surface area contributed by atoms with Gasteiger partial charge < -0.3 is 10.2 Å². The van der Waals surface area contributed by atoms with Crippen LogP contribution in [0.25, 0.3) is 0 Å². The first-order valence-corrected chi connectivity index (χ1v) is 12.0. The van der Waals surface area contributed by atoms with Crippen LogP contribution < -0.4 is 0 Å².